The number of rotatable bonds is 5. The molecule has 0 unspecified atom stereocenters. The third-order valence-corrected chi connectivity index (χ3v) is 2.99. The fourth-order valence-electron chi connectivity index (χ4n) is 2.01. The first kappa shape index (κ1) is 14.0. The topological polar surface area (TPSA) is 74.7 Å². The predicted molar refractivity (Wildman–Crippen MR) is 78.4 cm³/mol. The van der Waals surface area contributed by atoms with E-state index in [2.05, 4.69) is 28.2 Å². The van der Waals surface area contributed by atoms with Gasteiger partial charge in [-0.15, -0.1) is 0 Å². The largest absolute Gasteiger partial charge is 0.409 e. The van der Waals surface area contributed by atoms with E-state index in [1.807, 2.05) is 36.5 Å². The Hall–Kier alpha value is -2.40. The van der Waals surface area contributed by atoms with Crippen molar-refractivity contribution >= 4 is 5.84 Å². The summed E-state index contributed by atoms with van der Waals surface area (Å²) < 4.78 is 0. The van der Waals surface area contributed by atoms with Crippen molar-refractivity contribution in [2.24, 2.45) is 10.9 Å². The molecule has 0 fully saturated rings. The van der Waals surface area contributed by atoms with Crippen molar-refractivity contribution in [2.45, 2.75) is 13.1 Å². The van der Waals surface area contributed by atoms with Crippen molar-refractivity contribution in [3.8, 4) is 0 Å². The van der Waals surface area contributed by atoms with Gasteiger partial charge in [0.1, 0.15) is 0 Å². The van der Waals surface area contributed by atoms with Gasteiger partial charge in [-0.3, -0.25) is 9.88 Å². The summed E-state index contributed by atoms with van der Waals surface area (Å²) in [4.78, 5) is 6.31. The zero-order valence-corrected chi connectivity index (χ0v) is 11.4. The van der Waals surface area contributed by atoms with Gasteiger partial charge in [-0.05, 0) is 24.2 Å². The van der Waals surface area contributed by atoms with Gasteiger partial charge in [-0.25, -0.2) is 0 Å². The van der Waals surface area contributed by atoms with E-state index in [1.54, 1.807) is 6.20 Å². The first-order chi connectivity index (χ1) is 9.69. The standard InChI is InChI=1S/C15H18N4O/c1-19(11-13-3-2-8-17-9-13)10-12-4-6-14(7-5-12)15(16)18-20/h2-9,20H,10-11H2,1H3,(H2,16,18). The maximum atomic E-state index is 8.62. The molecular formula is C15H18N4O. The summed E-state index contributed by atoms with van der Waals surface area (Å²) in [5.41, 5.74) is 8.60. The number of hydrogen-bond donors (Lipinski definition) is 2. The van der Waals surface area contributed by atoms with E-state index in [-0.39, 0.29) is 5.84 Å². The molecule has 0 bridgehead atoms. The van der Waals surface area contributed by atoms with Crippen molar-refractivity contribution in [1.82, 2.24) is 9.88 Å². The van der Waals surface area contributed by atoms with E-state index >= 15 is 0 Å². The minimum Gasteiger partial charge on any atom is -0.409 e. The lowest BCUT2D eigenvalue weighted by Gasteiger charge is -2.16. The van der Waals surface area contributed by atoms with Crippen LogP contribution in [0.2, 0.25) is 0 Å². The summed E-state index contributed by atoms with van der Waals surface area (Å²) in [6.07, 6.45) is 3.65. The molecule has 1 aromatic carbocycles. The second-order valence-corrected chi connectivity index (χ2v) is 4.72. The molecule has 0 radical (unpaired) electrons. The van der Waals surface area contributed by atoms with Crippen LogP contribution >= 0.6 is 0 Å². The number of hydrogen-bond acceptors (Lipinski definition) is 4. The summed E-state index contributed by atoms with van der Waals surface area (Å²) in [5, 5.41) is 11.6. The Labute approximate surface area is 118 Å². The van der Waals surface area contributed by atoms with E-state index in [0.29, 0.717) is 5.56 Å². The molecule has 0 atom stereocenters. The minimum atomic E-state index is 0.125. The van der Waals surface area contributed by atoms with E-state index in [0.717, 1.165) is 13.1 Å². The molecule has 5 heteroatoms. The van der Waals surface area contributed by atoms with Crippen molar-refractivity contribution in [3.63, 3.8) is 0 Å². The van der Waals surface area contributed by atoms with Gasteiger partial charge in [0, 0.05) is 31.0 Å². The molecular weight excluding hydrogens is 252 g/mol. The van der Waals surface area contributed by atoms with E-state index < -0.39 is 0 Å². The Balaban J connectivity index is 1.96. The Morgan fingerprint density at radius 2 is 1.90 bits per heavy atom. The average molecular weight is 270 g/mol. The molecule has 0 amide bonds. The molecule has 20 heavy (non-hydrogen) atoms. The Kier molecular flexibility index (Phi) is 4.68. The molecule has 1 heterocycles. The van der Waals surface area contributed by atoms with Crippen molar-refractivity contribution < 1.29 is 5.21 Å². The highest BCUT2D eigenvalue weighted by Gasteiger charge is 2.03. The smallest absolute Gasteiger partial charge is 0.170 e. The third-order valence-electron chi connectivity index (χ3n) is 2.99. The lowest BCUT2D eigenvalue weighted by Crippen LogP contribution is -2.17. The highest BCUT2D eigenvalue weighted by atomic mass is 16.4. The van der Waals surface area contributed by atoms with E-state index in [1.165, 1.54) is 11.1 Å². The van der Waals surface area contributed by atoms with E-state index in [9.17, 15) is 0 Å². The maximum absolute atomic E-state index is 8.62. The highest BCUT2D eigenvalue weighted by molar-refractivity contribution is 5.96. The number of oxime groups is 1. The van der Waals surface area contributed by atoms with Crippen LogP contribution in [-0.2, 0) is 13.1 Å². The molecule has 0 aliphatic carbocycles. The lowest BCUT2D eigenvalue weighted by atomic mass is 10.1. The summed E-state index contributed by atoms with van der Waals surface area (Å²) in [7, 11) is 2.06. The zero-order chi connectivity index (χ0) is 14.4. The molecule has 0 saturated carbocycles. The third kappa shape index (κ3) is 3.80. The Morgan fingerprint density at radius 3 is 2.50 bits per heavy atom. The molecule has 3 N–H and O–H groups in total. The molecule has 0 saturated heterocycles. The molecule has 104 valence electrons. The molecule has 2 rings (SSSR count). The average Bonchev–Trinajstić information content (AvgIpc) is 2.48. The van der Waals surface area contributed by atoms with Crippen LogP contribution in [0.1, 0.15) is 16.7 Å². The number of pyridine rings is 1. The van der Waals surface area contributed by atoms with Crippen LogP contribution in [0.15, 0.2) is 53.9 Å². The summed E-state index contributed by atoms with van der Waals surface area (Å²) >= 11 is 0. The van der Waals surface area contributed by atoms with Crippen LogP contribution in [0.3, 0.4) is 0 Å². The predicted octanol–water partition coefficient (Wildman–Crippen LogP) is 1.81. The highest BCUT2D eigenvalue weighted by Crippen LogP contribution is 2.09. The van der Waals surface area contributed by atoms with E-state index in [4.69, 9.17) is 10.9 Å². The van der Waals surface area contributed by atoms with Crippen molar-refractivity contribution in [3.05, 3.63) is 65.5 Å². The number of benzene rings is 1. The quantitative estimate of drug-likeness (QED) is 0.376. The van der Waals surface area contributed by atoms with Gasteiger partial charge in [-0.2, -0.15) is 0 Å². The van der Waals surface area contributed by atoms with Gasteiger partial charge in [0.15, 0.2) is 5.84 Å². The van der Waals surface area contributed by atoms with Gasteiger partial charge < -0.3 is 10.9 Å². The fourth-order valence-corrected chi connectivity index (χ4v) is 2.01. The minimum absolute atomic E-state index is 0.125. The molecule has 0 spiro atoms. The van der Waals surface area contributed by atoms with Crippen LogP contribution in [0.5, 0.6) is 0 Å². The van der Waals surface area contributed by atoms with Crippen LogP contribution < -0.4 is 5.73 Å². The van der Waals surface area contributed by atoms with Crippen LogP contribution in [0.4, 0.5) is 0 Å². The lowest BCUT2D eigenvalue weighted by molar-refractivity contribution is 0.318. The van der Waals surface area contributed by atoms with Gasteiger partial charge in [-0.1, -0.05) is 35.5 Å². The maximum Gasteiger partial charge on any atom is 0.170 e. The Morgan fingerprint density at radius 1 is 1.20 bits per heavy atom. The summed E-state index contributed by atoms with van der Waals surface area (Å²) in [6.45, 7) is 1.67. The Bertz CT molecular complexity index is 566. The second-order valence-electron chi connectivity index (χ2n) is 4.72. The van der Waals surface area contributed by atoms with Gasteiger partial charge >= 0.3 is 0 Å². The number of amidine groups is 1. The van der Waals surface area contributed by atoms with Crippen LogP contribution in [0, 0.1) is 0 Å². The monoisotopic (exact) mass is 270 g/mol. The van der Waals surface area contributed by atoms with Crippen LogP contribution in [0.25, 0.3) is 0 Å². The molecule has 0 aliphatic heterocycles. The zero-order valence-electron chi connectivity index (χ0n) is 11.4. The first-order valence-corrected chi connectivity index (χ1v) is 6.33. The van der Waals surface area contributed by atoms with Crippen molar-refractivity contribution in [2.75, 3.05) is 7.05 Å². The molecule has 2 aromatic rings. The molecule has 0 aliphatic rings. The number of nitrogens with two attached hydrogens (primary N) is 1. The molecule has 5 nitrogen and oxygen atoms in total. The number of aromatic nitrogens is 1. The van der Waals surface area contributed by atoms with Gasteiger partial charge in [0.05, 0.1) is 0 Å². The summed E-state index contributed by atoms with van der Waals surface area (Å²) in [5.74, 6) is 0.125. The second kappa shape index (κ2) is 6.68. The first-order valence-electron chi connectivity index (χ1n) is 6.33. The van der Waals surface area contributed by atoms with Gasteiger partial charge in [0.25, 0.3) is 0 Å². The summed E-state index contributed by atoms with van der Waals surface area (Å²) in [6, 6.07) is 11.7. The van der Waals surface area contributed by atoms with Crippen LogP contribution in [-0.4, -0.2) is 28.0 Å². The van der Waals surface area contributed by atoms with Gasteiger partial charge in [0.2, 0.25) is 0 Å². The molecule has 1 aromatic heterocycles. The number of nitrogens with zero attached hydrogens (tertiary/aromatic N) is 3. The fraction of sp³-hybridized carbons (Fsp3) is 0.200. The van der Waals surface area contributed by atoms with Crippen molar-refractivity contribution in [1.29, 1.82) is 0 Å². The SMILES string of the molecule is CN(Cc1ccc(/C(N)=N/O)cc1)Cc1cccnc1. The normalized spacial score (nSPS) is 11.8.